The maximum atomic E-state index is 5.40. The highest BCUT2D eigenvalue weighted by atomic mass is 32.1. The third kappa shape index (κ3) is 3.67. The number of hydrogen-bond acceptors (Lipinski definition) is 5. The summed E-state index contributed by atoms with van der Waals surface area (Å²) < 4.78 is 10.7. The Balaban J connectivity index is 1.66. The van der Waals surface area contributed by atoms with Crippen molar-refractivity contribution in [3.8, 4) is 11.5 Å². The second-order valence-electron chi connectivity index (χ2n) is 6.12. The van der Waals surface area contributed by atoms with E-state index >= 15 is 0 Å². The lowest BCUT2D eigenvalue weighted by Gasteiger charge is -2.16. The van der Waals surface area contributed by atoms with Gasteiger partial charge in [0.15, 0.2) is 11.5 Å². The van der Waals surface area contributed by atoms with E-state index in [1.165, 1.54) is 29.0 Å². The molecule has 0 aliphatic heterocycles. The number of methoxy groups -OCH3 is 2. The minimum Gasteiger partial charge on any atom is -0.493 e. The summed E-state index contributed by atoms with van der Waals surface area (Å²) in [4.78, 5) is 4.78. The van der Waals surface area contributed by atoms with Crippen molar-refractivity contribution in [1.29, 1.82) is 0 Å². The molecule has 1 saturated carbocycles. The molecule has 4 nitrogen and oxygen atoms in total. The molecule has 0 spiro atoms. The van der Waals surface area contributed by atoms with Crippen molar-refractivity contribution in [3.05, 3.63) is 39.3 Å². The third-order valence-electron chi connectivity index (χ3n) is 4.35. The summed E-state index contributed by atoms with van der Waals surface area (Å²) in [5.74, 6) is 2.27. The molecule has 1 fully saturated rings. The van der Waals surface area contributed by atoms with Gasteiger partial charge in [0.2, 0.25) is 0 Å². The van der Waals surface area contributed by atoms with Crippen molar-refractivity contribution in [2.24, 2.45) is 0 Å². The molecule has 1 heterocycles. The fourth-order valence-corrected chi connectivity index (χ4v) is 3.68. The number of nitrogens with one attached hydrogen (secondary N) is 1. The predicted molar refractivity (Wildman–Crippen MR) is 93.6 cm³/mol. The molecule has 0 unspecified atom stereocenters. The molecule has 1 aliphatic rings. The number of hydrogen-bond donors (Lipinski definition) is 1. The van der Waals surface area contributed by atoms with Gasteiger partial charge in [-0.15, -0.1) is 11.3 Å². The van der Waals surface area contributed by atoms with Gasteiger partial charge in [0.1, 0.15) is 0 Å². The van der Waals surface area contributed by atoms with Crippen LogP contribution in [-0.4, -0.2) is 19.2 Å². The molecule has 0 saturated heterocycles. The van der Waals surface area contributed by atoms with Crippen LogP contribution < -0.4 is 14.8 Å². The zero-order valence-electron chi connectivity index (χ0n) is 14.2. The van der Waals surface area contributed by atoms with Gasteiger partial charge in [-0.2, -0.15) is 0 Å². The van der Waals surface area contributed by atoms with Crippen LogP contribution in [0.4, 0.5) is 0 Å². The Morgan fingerprint density at radius 3 is 2.61 bits per heavy atom. The Hall–Kier alpha value is -1.59. The molecule has 1 aromatic carbocycles. The lowest BCUT2D eigenvalue weighted by molar-refractivity contribution is 0.354. The van der Waals surface area contributed by atoms with Gasteiger partial charge in [0, 0.05) is 23.9 Å². The van der Waals surface area contributed by atoms with Crippen molar-refractivity contribution >= 4 is 11.3 Å². The summed E-state index contributed by atoms with van der Waals surface area (Å²) >= 11 is 1.80. The number of aromatic nitrogens is 1. The van der Waals surface area contributed by atoms with E-state index in [1.807, 2.05) is 12.1 Å². The summed E-state index contributed by atoms with van der Waals surface area (Å²) in [7, 11) is 3.33. The molecule has 0 bridgehead atoms. The largest absolute Gasteiger partial charge is 0.493 e. The van der Waals surface area contributed by atoms with Crippen molar-refractivity contribution < 1.29 is 9.47 Å². The molecule has 3 rings (SSSR count). The molecular formula is C18H24N2O2S. The Morgan fingerprint density at radius 2 is 1.96 bits per heavy atom. The van der Waals surface area contributed by atoms with Gasteiger partial charge in [0.05, 0.1) is 24.9 Å². The monoisotopic (exact) mass is 332 g/mol. The van der Waals surface area contributed by atoms with Crippen LogP contribution in [0, 0.1) is 6.92 Å². The first-order valence-electron chi connectivity index (χ1n) is 8.02. The van der Waals surface area contributed by atoms with Gasteiger partial charge in [0.25, 0.3) is 0 Å². The summed E-state index contributed by atoms with van der Waals surface area (Å²) in [6.45, 7) is 5.04. The first kappa shape index (κ1) is 16.3. The molecule has 124 valence electrons. The molecule has 1 aromatic heterocycles. The van der Waals surface area contributed by atoms with Crippen LogP contribution in [0.5, 0.6) is 11.5 Å². The second kappa shape index (κ2) is 6.89. The Bertz CT molecular complexity index is 680. The van der Waals surface area contributed by atoms with Crippen molar-refractivity contribution in [2.75, 3.05) is 14.2 Å². The number of rotatable bonds is 7. The molecule has 2 aromatic rings. The van der Waals surface area contributed by atoms with E-state index in [0.29, 0.717) is 0 Å². The first-order chi connectivity index (χ1) is 11.1. The van der Waals surface area contributed by atoms with Crippen molar-refractivity contribution in [1.82, 2.24) is 10.3 Å². The molecule has 1 aliphatic carbocycles. The van der Waals surface area contributed by atoms with E-state index in [0.717, 1.165) is 29.7 Å². The molecular weight excluding hydrogens is 308 g/mol. The van der Waals surface area contributed by atoms with Crippen LogP contribution in [0.15, 0.2) is 17.5 Å². The van der Waals surface area contributed by atoms with E-state index in [1.54, 1.807) is 25.6 Å². The Kier molecular flexibility index (Phi) is 4.87. The minimum atomic E-state index is 0.242. The second-order valence-corrected chi connectivity index (χ2v) is 7.01. The molecule has 0 amide bonds. The third-order valence-corrected chi connectivity index (χ3v) is 5.38. The lowest BCUT2D eigenvalue weighted by atomic mass is 10.1. The van der Waals surface area contributed by atoms with Gasteiger partial charge in [-0.1, -0.05) is 0 Å². The van der Waals surface area contributed by atoms with Gasteiger partial charge in [-0.25, -0.2) is 4.98 Å². The standard InChI is InChI=1S/C18H24N2O2S/c1-11-7-16(21-3)17(22-4)8-14(11)9-19-12(2)15-10-23-18(20-15)13-5-6-13/h7-8,10,12-13,19H,5-6,9H2,1-4H3/t12-/m0/s1. The van der Waals surface area contributed by atoms with E-state index in [-0.39, 0.29) is 6.04 Å². The summed E-state index contributed by atoms with van der Waals surface area (Å²) in [6, 6.07) is 4.31. The van der Waals surface area contributed by atoms with Gasteiger partial charge < -0.3 is 14.8 Å². The first-order valence-corrected chi connectivity index (χ1v) is 8.90. The number of thiazole rings is 1. The minimum absolute atomic E-state index is 0.242. The molecule has 0 radical (unpaired) electrons. The molecule has 1 atom stereocenters. The highest BCUT2D eigenvalue weighted by Crippen LogP contribution is 2.41. The molecule has 1 N–H and O–H groups in total. The van der Waals surface area contributed by atoms with Gasteiger partial charge >= 0.3 is 0 Å². The lowest BCUT2D eigenvalue weighted by Crippen LogP contribution is -2.19. The zero-order valence-corrected chi connectivity index (χ0v) is 15.0. The average Bonchev–Trinajstić information content (AvgIpc) is 3.30. The van der Waals surface area contributed by atoms with E-state index in [4.69, 9.17) is 14.5 Å². The van der Waals surface area contributed by atoms with Crippen LogP contribution in [0.25, 0.3) is 0 Å². The maximum Gasteiger partial charge on any atom is 0.161 e. The van der Waals surface area contributed by atoms with Gasteiger partial charge in [-0.05, 0) is 49.9 Å². The van der Waals surface area contributed by atoms with E-state index in [2.05, 4.69) is 24.5 Å². The van der Waals surface area contributed by atoms with Crippen molar-refractivity contribution in [2.45, 2.75) is 45.2 Å². The molecule has 5 heteroatoms. The summed E-state index contributed by atoms with van der Waals surface area (Å²) in [5, 5.41) is 7.05. The smallest absolute Gasteiger partial charge is 0.161 e. The normalized spacial score (nSPS) is 15.5. The summed E-state index contributed by atoms with van der Waals surface area (Å²) in [6.07, 6.45) is 2.61. The van der Waals surface area contributed by atoms with Crippen LogP contribution in [0.3, 0.4) is 0 Å². The van der Waals surface area contributed by atoms with Crippen LogP contribution >= 0.6 is 11.3 Å². The highest BCUT2D eigenvalue weighted by Gasteiger charge is 2.27. The Labute approximate surface area is 141 Å². The van der Waals surface area contributed by atoms with E-state index in [9.17, 15) is 0 Å². The van der Waals surface area contributed by atoms with Crippen LogP contribution in [0.2, 0.25) is 0 Å². The highest BCUT2D eigenvalue weighted by molar-refractivity contribution is 7.09. The van der Waals surface area contributed by atoms with E-state index < -0.39 is 0 Å². The van der Waals surface area contributed by atoms with Crippen LogP contribution in [-0.2, 0) is 6.54 Å². The maximum absolute atomic E-state index is 5.40. The zero-order chi connectivity index (χ0) is 16.4. The number of benzene rings is 1. The number of ether oxygens (including phenoxy) is 2. The number of aryl methyl sites for hydroxylation is 1. The SMILES string of the molecule is COc1cc(C)c(CN[C@@H](C)c2csc(C3CC3)n2)cc1OC. The summed E-state index contributed by atoms with van der Waals surface area (Å²) in [5.41, 5.74) is 3.56. The topological polar surface area (TPSA) is 43.4 Å². The fraction of sp³-hybridized carbons (Fsp3) is 0.500. The fourth-order valence-electron chi connectivity index (χ4n) is 2.60. The van der Waals surface area contributed by atoms with Crippen LogP contribution in [0.1, 0.15) is 53.6 Å². The van der Waals surface area contributed by atoms with Gasteiger partial charge in [-0.3, -0.25) is 0 Å². The predicted octanol–water partition coefficient (Wildman–Crippen LogP) is 4.20. The Morgan fingerprint density at radius 1 is 1.26 bits per heavy atom. The molecule has 23 heavy (non-hydrogen) atoms. The van der Waals surface area contributed by atoms with Crippen molar-refractivity contribution in [3.63, 3.8) is 0 Å². The quantitative estimate of drug-likeness (QED) is 0.825. The number of nitrogens with zero attached hydrogens (tertiary/aromatic N) is 1. The average molecular weight is 332 g/mol.